The minimum atomic E-state index is -0.638. The van der Waals surface area contributed by atoms with Crippen LogP contribution in [0.5, 0.6) is 11.5 Å². The van der Waals surface area contributed by atoms with Crippen LogP contribution in [-0.2, 0) is 22.6 Å². The average Bonchev–Trinajstić information content (AvgIpc) is 2.78. The zero-order valence-electron chi connectivity index (χ0n) is 18.9. The predicted octanol–water partition coefficient (Wildman–Crippen LogP) is 4.89. The first-order chi connectivity index (χ1) is 15.3. The summed E-state index contributed by atoms with van der Waals surface area (Å²) in [5.41, 5.74) is 1.75. The predicted molar refractivity (Wildman–Crippen MR) is 128 cm³/mol. The second kappa shape index (κ2) is 12.6. The van der Waals surface area contributed by atoms with Gasteiger partial charge >= 0.3 is 0 Å². The number of carbonyl (C=O) groups is 2. The topological polar surface area (TPSA) is 67.9 Å². The molecule has 0 aliphatic rings. The lowest BCUT2D eigenvalue weighted by molar-refractivity contribution is -0.140. The summed E-state index contributed by atoms with van der Waals surface area (Å²) in [6, 6.07) is 10.2. The molecule has 2 aromatic rings. The van der Waals surface area contributed by atoms with Crippen molar-refractivity contribution in [3.63, 3.8) is 0 Å². The van der Waals surface area contributed by atoms with Gasteiger partial charge in [-0.15, -0.1) is 0 Å². The Morgan fingerprint density at radius 1 is 0.969 bits per heavy atom. The maximum Gasteiger partial charge on any atom is 0.242 e. The molecule has 174 valence electrons. The molecule has 0 bridgehead atoms. The van der Waals surface area contributed by atoms with Crippen LogP contribution in [0.2, 0.25) is 10.0 Å². The summed E-state index contributed by atoms with van der Waals surface area (Å²) < 4.78 is 11.3. The van der Waals surface area contributed by atoms with Gasteiger partial charge in [0.15, 0.2) is 11.5 Å². The van der Waals surface area contributed by atoms with Gasteiger partial charge < -0.3 is 19.7 Å². The van der Waals surface area contributed by atoms with Gasteiger partial charge in [-0.1, -0.05) is 35.3 Å². The Kier molecular flexibility index (Phi) is 10.1. The highest BCUT2D eigenvalue weighted by atomic mass is 35.5. The Labute approximate surface area is 199 Å². The molecule has 8 heteroatoms. The van der Waals surface area contributed by atoms with Gasteiger partial charge in [0, 0.05) is 20.0 Å². The van der Waals surface area contributed by atoms with E-state index in [2.05, 4.69) is 5.32 Å². The van der Waals surface area contributed by atoms with Gasteiger partial charge in [0.25, 0.3) is 0 Å². The summed E-state index contributed by atoms with van der Waals surface area (Å²) in [4.78, 5) is 27.0. The van der Waals surface area contributed by atoms with Gasteiger partial charge in [0.2, 0.25) is 11.8 Å². The molecule has 0 fully saturated rings. The van der Waals surface area contributed by atoms with Crippen LogP contribution in [0, 0.1) is 0 Å². The molecule has 0 aliphatic heterocycles. The van der Waals surface area contributed by atoms with E-state index in [4.69, 9.17) is 32.7 Å². The summed E-state index contributed by atoms with van der Waals surface area (Å²) in [5, 5.41) is 3.45. The highest BCUT2D eigenvalue weighted by Gasteiger charge is 2.25. The van der Waals surface area contributed by atoms with Gasteiger partial charge in [-0.25, -0.2) is 0 Å². The van der Waals surface area contributed by atoms with Gasteiger partial charge in [0.1, 0.15) is 6.04 Å². The summed E-state index contributed by atoms with van der Waals surface area (Å²) in [7, 11) is 1.55. The van der Waals surface area contributed by atoms with E-state index in [0.29, 0.717) is 41.2 Å². The summed E-state index contributed by atoms with van der Waals surface area (Å²) >= 11 is 12.1. The Balaban J connectivity index is 2.17. The molecule has 0 aliphatic carbocycles. The quantitative estimate of drug-likeness (QED) is 0.497. The molecule has 0 aromatic heterocycles. The molecule has 0 saturated carbocycles. The van der Waals surface area contributed by atoms with Crippen LogP contribution in [0.15, 0.2) is 36.4 Å². The molecular weight excluding hydrogens is 451 g/mol. The minimum absolute atomic E-state index is 0.140. The number of rotatable bonds is 11. The van der Waals surface area contributed by atoms with Gasteiger partial charge in [-0.3, -0.25) is 9.59 Å². The Morgan fingerprint density at radius 2 is 1.62 bits per heavy atom. The van der Waals surface area contributed by atoms with E-state index in [1.54, 1.807) is 37.1 Å². The lowest BCUT2D eigenvalue weighted by atomic mass is 10.1. The third-order valence-corrected chi connectivity index (χ3v) is 5.73. The third kappa shape index (κ3) is 7.04. The summed E-state index contributed by atoms with van der Waals surface area (Å²) in [5.74, 6) is 0.960. The monoisotopic (exact) mass is 480 g/mol. The number of carbonyl (C=O) groups excluding carboxylic acids is 2. The number of likely N-dealkylation sites (N-methyl/N-ethyl adjacent to an activating group) is 1. The van der Waals surface area contributed by atoms with E-state index >= 15 is 0 Å². The molecule has 6 nitrogen and oxygen atoms in total. The number of hydrogen-bond acceptors (Lipinski definition) is 4. The molecule has 0 saturated heterocycles. The largest absolute Gasteiger partial charge is 0.490 e. The fourth-order valence-electron chi connectivity index (χ4n) is 3.27. The van der Waals surface area contributed by atoms with Crippen LogP contribution in [0.25, 0.3) is 0 Å². The summed E-state index contributed by atoms with van der Waals surface area (Å²) in [6.07, 6.45) is 0.742. The number of aryl methyl sites for hydroxylation is 1. The average molecular weight is 481 g/mol. The lowest BCUT2D eigenvalue weighted by Crippen LogP contribution is -2.46. The zero-order chi connectivity index (χ0) is 23.7. The van der Waals surface area contributed by atoms with E-state index < -0.39 is 6.04 Å². The van der Waals surface area contributed by atoms with Crippen molar-refractivity contribution in [2.45, 2.75) is 46.2 Å². The first-order valence-corrected chi connectivity index (χ1v) is 11.4. The van der Waals surface area contributed by atoms with Crippen LogP contribution >= 0.6 is 23.2 Å². The number of nitrogens with zero attached hydrogens (tertiary/aromatic N) is 1. The van der Waals surface area contributed by atoms with Crippen LogP contribution in [0.3, 0.4) is 0 Å². The Bertz CT molecular complexity index is 936. The molecule has 0 radical (unpaired) electrons. The normalized spacial score (nSPS) is 11.6. The molecule has 2 amide bonds. The highest BCUT2D eigenvalue weighted by Crippen LogP contribution is 2.29. The molecular formula is C24H30Cl2N2O4. The van der Waals surface area contributed by atoms with Gasteiger partial charge in [0.05, 0.1) is 23.3 Å². The Hall–Kier alpha value is -2.44. The molecule has 1 atom stereocenters. The van der Waals surface area contributed by atoms with E-state index in [9.17, 15) is 9.59 Å². The van der Waals surface area contributed by atoms with Gasteiger partial charge in [-0.2, -0.15) is 0 Å². The van der Waals surface area contributed by atoms with Crippen LogP contribution in [-0.4, -0.2) is 43.0 Å². The van der Waals surface area contributed by atoms with Crippen molar-refractivity contribution < 1.29 is 19.1 Å². The molecule has 2 rings (SSSR count). The van der Waals surface area contributed by atoms with Crippen LogP contribution in [0.1, 0.15) is 38.3 Å². The SMILES string of the molecule is CCOc1ccc(CCC(=O)N(Cc2ccc(Cl)c(Cl)c2)C(C)C(=O)NC)cc1OCC. The second-order valence-corrected chi connectivity index (χ2v) is 8.02. The van der Waals surface area contributed by atoms with Crippen LogP contribution in [0.4, 0.5) is 0 Å². The molecule has 0 heterocycles. The Morgan fingerprint density at radius 3 is 2.25 bits per heavy atom. The van der Waals surface area contributed by atoms with E-state index in [0.717, 1.165) is 11.1 Å². The van der Waals surface area contributed by atoms with Crippen LogP contribution < -0.4 is 14.8 Å². The smallest absolute Gasteiger partial charge is 0.242 e. The minimum Gasteiger partial charge on any atom is -0.490 e. The van der Waals surface area contributed by atoms with Crippen molar-refractivity contribution in [1.82, 2.24) is 10.2 Å². The number of amides is 2. The molecule has 32 heavy (non-hydrogen) atoms. The number of halogens is 2. The van der Waals surface area contributed by atoms with Crippen molar-refractivity contribution in [1.29, 1.82) is 0 Å². The second-order valence-electron chi connectivity index (χ2n) is 7.21. The number of nitrogens with one attached hydrogen (secondary N) is 1. The number of hydrogen-bond donors (Lipinski definition) is 1. The molecule has 2 aromatic carbocycles. The highest BCUT2D eigenvalue weighted by molar-refractivity contribution is 6.42. The zero-order valence-corrected chi connectivity index (χ0v) is 20.4. The molecule has 1 N–H and O–H groups in total. The first kappa shape index (κ1) is 25.8. The first-order valence-electron chi connectivity index (χ1n) is 10.6. The van der Waals surface area contributed by atoms with E-state index in [-0.39, 0.29) is 24.8 Å². The van der Waals surface area contributed by atoms with E-state index in [1.807, 2.05) is 32.0 Å². The molecule has 0 spiro atoms. The van der Waals surface area contributed by atoms with Crippen molar-refractivity contribution in [3.05, 3.63) is 57.6 Å². The standard InChI is InChI=1S/C24H30Cl2N2O4/c1-5-31-21-11-8-17(14-22(21)32-6-2)9-12-23(29)28(16(3)24(30)27-4)15-18-7-10-19(25)20(26)13-18/h7-8,10-11,13-14,16H,5-6,9,12,15H2,1-4H3,(H,27,30). The maximum atomic E-state index is 13.1. The van der Waals surface area contributed by atoms with Gasteiger partial charge in [-0.05, 0) is 62.6 Å². The van der Waals surface area contributed by atoms with Crippen molar-refractivity contribution in [2.24, 2.45) is 0 Å². The fourth-order valence-corrected chi connectivity index (χ4v) is 3.59. The molecule has 1 unspecified atom stereocenters. The third-order valence-electron chi connectivity index (χ3n) is 4.99. The van der Waals surface area contributed by atoms with Crippen molar-refractivity contribution in [3.8, 4) is 11.5 Å². The summed E-state index contributed by atoms with van der Waals surface area (Å²) in [6.45, 7) is 6.84. The number of ether oxygens (including phenoxy) is 2. The van der Waals surface area contributed by atoms with Crippen molar-refractivity contribution in [2.75, 3.05) is 20.3 Å². The number of benzene rings is 2. The maximum absolute atomic E-state index is 13.1. The lowest BCUT2D eigenvalue weighted by Gasteiger charge is -2.28. The van der Waals surface area contributed by atoms with Crippen molar-refractivity contribution >= 4 is 35.0 Å². The fraction of sp³-hybridized carbons (Fsp3) is 0.417. The van der Waals surface area contributed by atoms with E-state index in [1.165, 1.54) is 0 Å².